The molecule has 0 bridgehead atoms. The van der Waals surface area contributed by atoms with Crippen LogP contribution in [0.3, 0.4) is 0 Å². The molecule has 2 rings (SSSR count). The lowest BCUT2D eigenvalue weighted by Crippen LogP contribution is -2.09. The largest absolute Gasteiger partial charge is 0.416 e. The van der Waals surface area contributed by atoms with E-state index in [-0.39, 0.29) is 29.2 Å². The topological polar surface area (TPSA) is 89.8 Å². The average molecular weight is 318 g/mol. The highest BCUT2D eigenvalue weighted by Gasteiger charge is 2.29. The van der Waals surface area contributed by atoms with E-state index < -0.39 is 11.7 Å². The summed E-state index contributed by atoms with van der Waals surface area (Å²) in [6.45, 7) is 0.217. The van der Waals surface area contributed by atoms with Crippen molar-refractivity contribution in [2.75, 3.05) is 16.8 Å². The van der Waals surface area contributed by atoms with Crippen LogP contribution in [0.15, 0.2) is 24.3 Å². The maximum Gasteiger partial charge on any atom is 0.416 e. The Kier molecular flexibility index (Phi) is 4.08. The van der Waals surface area contributed by atoms with E-state index in [4.69, 9.17) is 23.1 Å². The van der Waals surface area contributed by atoms with Crippen LogP contribution < -0.4 is 16.8 Å². The van der Waals surface area contributed by atoms with E-state index in [0.29, 0.717) is 5.56 Å². The van der Waals surface area contributed by atoms with Crippen LogP contribution in [0.5, 0.6) is 0 Å². The molecule has 0 aliphatic rings. The van der Waals surface area contributed by atoms with Gasteiger partial charge in [0.25, 0.3) is 0 Å². The van der Waals surface area contributed by atoms with E-state index in [1.54, 1.807) is 0 Å². The van der Waals surface area contributed by atoms with Crippen molar-refractivity contribution in [1.29, 1.82) is 0 Å². The Labute approximate surface area is 123 Å². The summed E-state index contributed by atoms with van der Waals surface area (Å²) in [6.07, 6.45) is -4.36. The highest BCUT2D eigenvalue weighted by atomic mass is 35.5. The minimum atomic E-state index is -4.36. The maximum absolute atomic E-state index is 12.4. The zero-order chi connectivity index (χ0) is 15.6. The van der Waals surface area contributed by atoms with Gasteiger partial charge in [-0.25, -0.2) is 0 Å². The number of nitrogens with two attached hydrogens (primary N) is 2. The van der Waals surface area contributed by atoms with Gasteiger partial charge in [-0.15, -0.1) is 0 Å². The van der Waals surface area contributed by atoms with Crippen LogP contribution in [-0.4, -0.2) is 9.97 Å². The van der Waals surface area contributed by atoms with Gasteiger partial charge in [-0.05, 0) is 17.7 Å². The van der Waals surface area contributed by atoms with Crippen molar-refractivity contribution < 1.29 is 13.2 Å². The molecule has 0 saturated carbocycles. The number of hydrogen-bond acceptors (Lipinski definition) is 5. The van der Waals surface area contributed by atoms with Crippen molar-refractivity contribution in [3.05, 3.63) is 40.5 Å². The number of nitrogens with one attached hydrogen (secondary N) is 1. The predicted molar refractivity (Wildman–Crippen MR) is 74.6 cm³/mol. The summed E-state index contributed by atoms with van der Waals surface area (Å²) in [5, 5.41) is 2.86. The fraction of sp³-hybridized carbons (Fsp3) is 0.167. The predicted octanol–water partition coefficient (Wildman–Crippen LogP) is 2.93. The minimum absolute atomic E-state index is 0.0115. The Balaban J connectivity index is 2.10. The standard InChI is InChI=1S/C12H11ClF3N5/c13-9-8(17)10(21-11(18)20-9)19-5-6-1-3-7(4-2-6)12(14,15)16/h1-4H,5,17H2,(H3,18,19,20,21). The van der Waals surface area contributed by atoms with Crippen molar-refractivity contribution in [3.8, 4) is 0 Å². The lowest BCUT2D eigenvalue weighted by atomic mass is 10.1. The zero-order valence-corrected chi connectivity index (χ0v) is 11.3. The first-order valence-electron chi connectivity index (χ1n) is 5.76. The molecule has 0 radical (unpaired) electrons. The molecule has 5 nitrogen and oxygen atoms in total. The van der Waals surface area contributed by atoms with Crippen molar-refractivity contribution in [1.82, 2.24) is 9.97 Å². The molecule has 0 fully saturated rings. The number of alkyl halides is 3. The molecule has 112 valence electrons. The molecule has 0 atom stereocenters. The summed E-state index contributed by atoms with van der Waals surface area (Å²) < 4.78 is 37.3. The molecule has 2 aromatic rings. The fourth-order valence-corrected chi connectivity index (χ4v) is 1.77. The first kappa shape index (κ1) is 15.2. The smallest absolute Gasteiger partial charge is 0.393 e. The number of nitrogen functional groups attached to an aromatic ring is 2. The van der Waals surface area contributed by atoms with Crippen LogP contribution in [0.25, 0.3) is 0 Å². The molecular weight excluding hydrogens is 307 g/mol. The molecule has 0 saturated heterocycles. The number of anilines is 3. The van der Waals surface area contributed by atoms with Crippen molar-refractivity contribution in [2.45, 2.75) is 12.7 Å². The Hall–Kier alpha value is -2.22. The van der Waals surface area contributed by atoms with Crippen LogP contribution >= 0.6 is 11.6 Å². The third kappa shape index (κ3) is 3.66. The van der Waals surface area contributed by atoms with Gasteiger partial charge in [0.2, 0.25) is 5.95 Å². The molecule has 1 heterocycles. The second-order valence-electron chi connectivity index (χ2n) is 4.18. The molecule has 0 spiro atoms. The molecule has 0 unspecified atom stereocenters. The minimum Gasteiger partial charge on any atom is -0.393 e. The van der Waals surface area contributed by atoms with Crippen LogP contribution in [0, 0.1) is 0 Å². The number of halogens is 4. The third-order valence-electron chi connectivity index (χ3n) is 2.66. The van der Waals surface area contributed by atoms with Gasteiger partial charge in [0.15, 0.2) is 11.0 Å². The normalized spacial score (nSPS) is 11.4. The van der Waals surface area contributed by atoms with E-state index in [0.717, 1.165) is 12.1 Å². The molecule has 0 amide bonds. The van der Waals surface area contributed by atoms with Crippen LogP contribution in [0.1, 0.15) is 11.1 Å². The first-order valence-corrected chi connectivity index (χ1v) is 6.13. The summed E-state index contributed by atoms with van der Waals surface area (Å²) in [7, 11) is 0. The quantitative estimate of drug-likeness (QED) is 0.757. The number of hydrogen-bond donors (Lipinski definition) is 3. The van der Waals surface area contributed by atoms with Gasteiger partial charge < -0.3 is 16.8 Å². The molecule has 1 aromatic heterocycles. The molecule has 0 aliphatic heterocycles. The Morgan fingerprint density at radius 3 is 2.29 bits per heavy atom. The summed E-state index contributed by atoms with van der Waals surface area (Å²) in [5.41, 5.74) is 11.1. The van der Waals surface area contributed by atoms with Gasteiger partial charge >= 0.3 is 6.18 Å². The number of aromatic nitrogens is 2. The Morgan fingerprint density at radius 1 is 1.10 bits per heavy atom. The summed E-state index contributed by atoms with van der Waals surface area (Å²) >= 11 is 5.75. The number of nitrogens with zero attached hydrogens (tertiary/aromatic N) is 2. The second kappa shape index (κ2) is 5.65. The summed E-state index contributed by atoms with van der Waals surface area (Å²) in [5.74, 6) is 0.177. The molecule has 9 heteroatoms. The molecule has 0 aliphatic carbocycles. The summed E-state index contributed by atoms with van der Waals surface area (Å²) in [4.78, 5) is 7.54. The molecular formula is C12H11ClF3N5. The molecule has 1 aromatic carbocycles. The van der Waals surface area contributed by atoms with Crippen molar-refractivity contribution >= 4 is 29.1 Å². The lowest BCUT2D eigenvalue weighted by molar-refractivity contribution is -0.137. The Bertz CT molecular complexity index is 643. The van der Waals surface area contributed by atoms with E-state index in [9.17, 15) is 13.2 Å². The molecule has 5 N–H and O–H groups in total. The van der Waals surface area contributed by atoms with E-state index in [1.165, 1.54) is 12.1 Å². The molecule has 21 heavy (non-hydrogen) atoms. The number of benzene rings is 1. The number of rotatable bonds is 3. The van der Waals surface area contributed by atoms with Gasteiger partial charge in [0.1, 0.15) is 5.69 Å². The van der Waals surface area contributed by atoms with Gasteiger partial charge in [-0.2, -0.15) is 23.1 Å². The Morgan fingerprint density at radius 2 is 1.71 bits per heavy atom. The third-order valence-corrected chi connectivity index (χ3v) is 2.95. The highest BCUT2D eigenvalue weighted by Crippen LogP contribution is 2.29. The fourth-order valence-electron chi connectivity index (χ4n) is 1.59. The van der Waals surface area contributed by atoms with Crippen molar-refractivity contribution in [3.63, 3.8) is 0 Å². The van der Waals surface area contributed by atoms with Crippen molar-refractivity contribution in [2.24, 2.45) is 0 Å². The van der Waals surface area contributed by atoms with Crippen LogP contribution in [-0.2, 0) is 12.7 Å². The van der Waals surface area contributed by atoms with E-state index >= 15 is 0 Å². The zero-order valence-electron chi connectivity index (χ0n) is 10.6. The average Bonchev–Trinajstić information content (AvgIpc) is 2.40. The highest BCUT2D eigenvalue weighted by molar-refractivity contribution is 6.32. The first-order chi connectivity index (χ1) is 9.77. The van der Waals surface area contributed by atoms with Gasteiger partial charge in [-0.3, -0.25) is 0 Å². The lowest BCUT2D eigenvalue weighted by Gasteiger charge is -2.11. The van der Waals surface area contributed by atoms with Gasteiger partial charge in [-0.1, -0.05) is 23.7 Å². The summed E-state index contributed by atoms with van der Waals surface area (Å²) in [6, 6.07) is 4.72. The SMILES string of the molecule is Nc1nc(Cl)c(N)c(NCc2ccc(C(F)(F)F)cc2)n1. The maximum atomic E-state index is 12.4. The van der Waals surface area contributed by atoms with Gasteiger partial charge in [0.05, 0.1) is 5.56 Å². The van der Waals surface area contributed by atoms with Gasteiger partial charge in [0, 0.05) is 6.54 Å². The van der Waals surface area contributed by atoms with E-state index in [2.05, 4.69) is 15.3 Å². The second-order valence-corrected chi connectivity index (χ2v) is 4.54. The van der Waals surface area contributed by atoms with Crippen LogP contribution in [0.4, 0.5) is 30.6 Å². The van der Waals surface area contributed by atoms with E-state index in [1.807, 2.05) is 0 Å². The monoisotopic (exact) mass is 317 g/mol. The van der Waals surface area contributed by atoms with Crippen LogP contribution in [0.2, 0.25) is 5.15 Å².